The number of fused-ring (bicyclic) bond motifs is 1. The predicted octanol–water partition coefficient (Wildman–Crippen LogP) is 2.16. The van der Waals surface area contributed by atoms with Crippen molar-refractivity contribution in [1.82, 2.24) is 0 Å². The number of benzene rings is 1. The first-order valence-electron chi connectivity index (χ1n) is 6.65. The molecule has 1 heterocycles. The second kappa shape index (κ2) is 5.20. The van der Waals surface area contributed by atoms with Gasteiger partial charge in [0.25, 0.3) is 5.69 Å². The molecule has 1 saturated heterocycles. The third kappa shape index (κ3) is 2.24. The standard InChI is InChI=1S/C13H16ClN3O3/c14-9-6-7(17(18)19)3-4-10(9)16-12-11(15)8-2-1-5-20-13(8)12/h3-4,6,8,11-13,16H,1-2,5,15H2. The molecule has 4 unspecified atom stereocenters. The highest BCUT2D eigenvalue weighted by molar-refractivity contribution is 6.33. The van der Waals surface area contributed by atoms with Gasteiger partial charge in [-0.2, -0.15) is 0 Å². The summed E-state index contributed by atoms with van der Waals surface area (Å²) in [5, 5.41) is 14.3. The number of nitro groups is 1. The van der Waals surface area contributed by atoms with Crippen LogP contribution in [0.5, 0.6) is 0 Å². The van der Waals surface area contributed by atoms with Crippen LogP contribution in [-0.4, -0.2) is 29.7 Å². The Morgan fingerprint density at radius 1 is 1.50 bits per heavy atom. The number of hydrogen-bond acceptors (Lipinski definition) is 5. The number of nitrogens with zero attached hydrogens (tertiary/aromatic N) is 1. The average molecular weight is 298 g/mol. The van der Waals surface area contributed by atoms with Crippen LogP contribution in [0.1, 0.15) is 12.8 Å². The van der Waals surface area contributed by atoms with E-state index < -0.39 is 4.92 Å². The lowest BCUT2D eigenvalue weighted by Crippen LogP contribution is -2.69. The average Bonchev–Trinajstić information content (AvgIpc) is 2.45. The summed E-state index contributed by atoms with van der Waals surface area (Å²) in [6.07, 6.45) is 2.27. The van der Waals surface area contributed by atoms with E-state index in [0.717, 1.165) is 19.4 Å². The normalized spacial score (nSPS) is 32.1. The van der Waals surface area contributed by atoms with Crippen LogP contribution >= 0.6 is 11.6 Å². The smallest absolute Gasteiger partial charge is 0.271 e. The van der Waals surface area contributed by atoms with Gasteiger partial charge in [-0.1, -0.05) is 11.6 Å². The minimum Gasteiger partial charge on any atom is -0.377 e. The number of halogens is 1. The lowest BCUT2D eigenvalue weighted by Gasteiger charge is -2.52. The molecule has 1 aliphatic carbocycles. The topological polar surface area (TPSA) is 90.4 Å². The van der Waals surface area contributed by atoms with Crippen LogP contribution in [0.15, 0.2) is 18.2 Å². The number of non-ortho nitro benzene ring substituents is 1. The maximum Gasteiger partial charge on any atom is 0.271 e. The van der Waals surface area contributed by atoms with Crippen LogP contribution in [0.4, 0.5) is 11.4 Å². The zero-order valence-electron chi connectivity index (χ0n) is 10.8. The number of ether oxygens (including phenoxy) is 1. The zero-order chi connectivity index (χ0) is 14.3. The van der Waals surface area contributed by atoms with Gasteiger partial charge in [0, 0.05) is 30.7 Å². The van der Waals surface area contributed by atoms with Crippen molar-refractivity contribution in [2.45, 2.75) is 31.0 Å². The number of nitrogens with one attached hydrogen (secondary N) is 1. The van der Waals surface area contributed by atoms with Gasteiger partial charge >= 0.3 is 0 Å². The first kappa shape index (κ1) is 13.6. The molecule has 3 rings (SSSR count). The molecule has 20 heavy (non-hydrogen) atoms. The van der Waals surface area contributed by atoms with Crippen molar-refractivity contribution in [2.24, 2.45) is 11.7 Å². The molecule has 2 aliphatic rings. The minimum atomic E-state index is -0.467. The molecule has 0 radical (unpaired) electrons. The van der Waals surface area contributed by atoms with E-state index in [1.54, 1.807) is 6.07 Å². The Labute approximate surface area is 121 Å². The van der Waals surface area contributed by atoms with Crippen molar-refractivity contribution >= 4 is 23.0 Å². The van der Waals surface area contributed by atoms with E-state index >= 15 is 0 Å². The highest BCUT2D eigenvalue weighted by atomic mass is 35.5. The summed E-state index contributed by atoms with van der Waals surface area (Å²) in [4.78, 5) is 10.2. The number of nitro benzene ring substituents is 1. The molecule has 1 aromatic rings. The van der Waals surface area contributed by atoms with Crippen LogP contribution in [-0.2, 0) is 4.74 Å². The van der Waals surface area contributed by atoms with E-state index in [4.69, 9.17) is 22.1 Å². The molecular formula is C13H16ClN3O3. The molecule has 4 atom stereocenters. The fourth-order valence-electron chi connectivity index (χ4n) is 3.04. The minimum absolute atomic E-state index is 0.0132. The summed E-state index contributed by atoms with van der Waals surface area (Å²) in [5.74, 6) is 0.401. The summed E-state index contributed by atoms with van der Waals surface area (Å²) in [6, 6.07) is 4.43. The quantitative estimate of drug-likeness (QED) is 0.659. The third-order valence-electron chi connectivity index (χ3n) is 4.16. The van der Waals surface area contributed by atoms with Crippen LogP contribution in [0, 0.1) is 16.0 Å². The predicted molar refractivity (Wildman–Crippen MR) is 76.0 cm³/mol. The Bertz CT molecular complexity index is 540. The van der Waals surface area contributed by atoms with Gasteiger partial charge in [0.05, 0.1) is 27.8 Å². The van der Waals surface area contributed by atoms with E-state index in [1.165, 1.54) is 12.1 Å². The third-order valence-corrected chi connectivity index (χ3v) is 4.48. The maximum absolute atomic E-state index is 10.7. The van der Waals surface area contributed by atoms with Gasteiger partial charge in [-0.05, 0) is 18.9 Å². The molecule has 0 aromatic heterocycles. The van der Waals surface area contributed by atoms with Gasteiger partial charge in [-0.3, -0.25) is 10.1 Å². The second-order valence-corrected chi connectivity index (χ2v) is 5.72. The highest BCUT2D eigenvalue weighted by Crippen LogP contribution is 2.39. The van der Waals surface area contributed by atoms with Gasteiger partial charge in [-0.15, -0.1) is 0 Å². The molecule has 108 valence electrons. The maximum atomic E-state index is 10.7. The molecule has 1 saturated carbocycles. The first-order valence-corrected chi connectivity index (χ1v) is 7.03. The van der Waals surface area contributed by atoms with Crippen molar-refractivity contribution in [3.05, 3.63) is 33.3 Å². The van der Waals surface area contributed by atoms with Crippen molar-refractivity contribution in [1.29, 1.82) is 0 Å². The lowest BCUT2D eigenvalue weighted by atomic mass is 9.68. The van der Waals surface area contributed by atoms with E-state index in [0.29, 0.717) is 16.6 Å². The van der Waals surface area contributed by atoms with E-state index in [2.05, 4.69) is 5.32 Å². The molecule has 2 fully saturated rings. The van der Waals surface area contributed by atoms with Crippen molar-refractivity contribution in [3.63, 3.8) is 0 Å². The number of rotatable bonds is 3. The summed E-state index contributed by atoms with van der Waals surface area (Å²) in [5.41, 5.74) is 6.79. The Hall–Kier alpha value is -1.37. The van der Waals surface area contributed by atoms with Crippen molar-refractivity contribution in [3.8, 4) is 0 Å². The summed E-state index contributed by atoms with van der Waals surface area (Å²) in [7, 11) is 0. The Morgan fingerprint density at radius 2 is 2.30 bits per heavy atom. The van der Waals surface area contributed by atoms with Gasteiger partial charge in [0.2, 0.25) is 0 Å². The van der Waals surface area contributed by atoms with E-state index in [9.17, 15) is 10.1 Å². The highest BCUT2D eigenvalue weighted by Gasteiger charge is 2.50. The van der Waals surface area contributed by atoms with Crippen LogP contribution in [0.2, 0.25) is 5.02 Å². The van der Waals surface area contributed by atoms with Crippen LogP contribution in [0.25, 0.3) is 0 Å². The summed E-state index contributed by atoms with van der Waals surface area (Å²) < 4.78 is 5.74. The van der Waals surface area contributed by atoms with Gasteiger partial charge < -0.3 is 15.8 Å². The fourth-order valence-corrected chi connectivity index (χ4v) is 3.27. The van der Waals surface area contributed by atoms with Gasteiger partial charge in [0.15, 0.2) is 0 Å². The zero-order valence-corrected chi connectivity index (χ0v) is 11.5. The lowest BCUT2D eigenvalue weighted by molar-refractivity contribution is -0.384. The van der Waals surface area contributed by atoms with Crippen molar-refractivity contribution in [2.75, 3.05) is 11.9 Å². The van der Waals surface area contributed by atoms with E-state index in [-0.39, 0.29) is 23.9 Å². The molecular weight excluding hydrogens is 282 g/mol. The molecule has 0 amide bonds. The Balaban J connectivity index is 1.73. The molecule has 7 heteroatoms. The summed E-state index contributed by atoms with van der Waals surface area (Å²) in [6.45, 7) is 0.764. The van der Waals surface area contributed by atoms with Gasteiger partial charge in [-0.25, -0.2) is 0 Å². The molecule has 6 nitrogen and oxygen atoms in total. The SMILES string of the molecule is NC1C2CCCOC2C1Nc1ccc([N+](=O)[O-])cc1Cl. The molecule has 1 aliphatic heterocycles. The molecule has 0 bridgehead atoms. The summed E-state index contributed by atoms with van der Waals surface area (Å²) >= 11 is 6.07. The number of anilines is 1. The molecule has 3 N–H and O–H groups in total. The van der Waals surface area contributed by atoms with Crippen LogP contribution < -0.4 is 11.1 Å². The first-order chi connectivity index (χ1) is 9.58. The monoisotopic (exact) mass is 297 g/mol. The van der Waals surface area contributed by atoms with Crippen molar-refractivity contribution < 1.29 is 9.66 Å². The number of hydrogen-bond donors (Lipinski definition) is 2. The van der Waals surface area contributed by atoms with Crippen LogP contribution in [0.3, 0.4) is 0 Å². The van der Waals surface area contributed by atoms with E-state index in [1.807, 2.05) is 0 Å². The number of nitrogens with two attached hydrogens (primary N) is 1. The molecule has 0 spiro atoms. The fraction of sp³-hybridized carbons (Fsp3) is 0.538. The molecule has 1 aromatic carbocycles. The largest absolute Gasteiger partial charge is 0.377 e. The Morgan fingerprint density at radius 3 is 3.00 bits per heavy atom. The van der Waals surface area contributed by atoms with Gasteiger partial charge in [0.1, 0.15) is 0 Å². The Kier molecular flexibility index (Phi) is 3.54. The second-order valence-electron chi connectivity index (χ2n) is 5.31.